The molecule has 0 aliphatic carbocycles. The predicted molar refractivity (Wildman–Crippen MR) is 63.1 cm³/mol. The van der Waals surface area contributed by atoms with E-state index in [4.69, 9.17) is 5.11 Å². The molecule has 0 saturated heterocycles. The molecule has 5 heteroatoms. The summed E-state index contributed by atoms with van der Waals surface area (Å²) in [6.45, 7) is 1.47. The van der Waals surface area contributed by atoms with Crippen molar-refractivity contribution in [3.05, 3.63) is 47.4 Å². The first-order chi connectivity index (χ1) is 7.55. The molecule has 1 rings (SSSR count). The number of sulfonamides is 1. The van der Waals surface area contributed by atoms with Crippen molar-refractivity contribution < 1.29 is 13.5 Å². The van der Waals surface area contributed by atoms with Crippen LogP contribution in [-0.4, -0.2) is 20.1 Å². The van der Waals surface area contributed by atoms with E-state index in [1.165, 1.54) is 6.08 Å². The summed E-state index contributed by atoms with van der Waals surface area (Å²) in [5, 5.41) is 9.47. The first-order valence-electron chi connectivity index (χ1n) is 4.90. The SMILES string of the molecule is CC(NS(=O)(=O)C=CCO)c1ccccc1. The zero-order valence-corrected chi connectivity index (χ0v) is 9.81. The summed E-state index contributed by atoms with van der Waals surface area (Å²) in [4.78, 5) is 0. The van der Waals surface area contributed by atoms with Gasteiger partial charge in [-0.1, -0.05) is 30.3 Å². The van der Waals surface area contributed by atoms with Crippen molar-refractivity contribution >= 4 is 10.0 Å². The molecule has 1 atom stereocenters. The fourth-order valence-corrected chi connectivity index (χ4v) is 2.31. The lowest BCUT2D eigenvalue weighted by molar-refractivity contribution is 0.343. The van der Waals surface area contributed by atoms with E-state index in [1.807, 2.05) is 30.3 Å². The zero-order chi connectivity index (χ0) is 12.0. The van der Waals surface area contributed by atoms with Crippen LogP contribution in [0.4, 0.5) is 0 Å². The van der Waals surface area contributed by atoms with Gasteiger partial charge in [0.1, 0.15) is 0 Å². The molecule has 0 saturated carbocycles. The smallest absolute Gasteiger partial charge is 0.234 e. The number of hydrogen-bond acceptors (Lipinski definition) is 3. The lowest BCUT2D eigenvalue weighted by atomic mass is 10.1. The summed E-state index contributed by atoms with van der Waals surface area (Å²) in [7, 11) is -3.48. The molecule has 0 bridgehead atoms. The van der Waals surface area contributed by atoms with Crippen molar-refractivity contribution in [3.63, 3.8) is 0 Å². The fourth-order valence-electron chi connectivity index (χ4n) is 1.27. The van der Waals surface area contributed by atoms with E-state index in [-0.39, 0.29) is 12.6 Å². The summed E-state index contributed by atoms with van der Waals surface area (Å²) in [6.07, 6.45) is 1.18. The predicted octanol–water partition coefficient (Wildman–Crippen LogP) is 1.17. The Labute approximate surface area is 95.7 Å². The van der Waals surface area contributed by atoms with E-state index < -0.39 is 10.0 Å². The van der Waals surface area contributed by atoms with Gasteiger partial charge in [-0.2, -0.15) is 0 Å². The summed E-state index contributed by atoms with van der Waals surface area (Å²) in [5.41, 5.74) is 0.892. The van der Waals surface area contributed by atoms with Crippen LogP contribution in [-0.2, 0) is 10.0 Å². The Kier molecular flexibility index (Phi) is 4.67. The highest BCUT2D eigenvalue weighted by molar-refractivity contribution is 7.92. The highest BCUT2D eigenvalue weighted by atomic mass is 32.2. The van der Waals surface area contributed by atoms with Gasteiger partial charge in [-0.15, -0.1) is 0 Å². The molecule has 4 nitrogen and oxygen atoms in total. The molecule has 0 aliphatic heterocycles. The van der Waals surface area contributed by atoms with Crippen LogP contribution < -0.4 is 4.72 Å². The largest absolute Gasteiger partial charge is 0.392 e. The maximum absolute atomic E-state index is 11.5. The number of rotatable bonds is 5. The van der Waals surface area contributed by atoms with Crippen molar-refractivity contribution in [2.24, 2.45) is 0 Å². The van der Waals surface area contributed by atoms with Gasteiger partial charge in [-0.3, -0.25) is 0 Å². The van der Waals surface area contributed by atoms with Crippen molar-refractivity contribution in [3.8, 4) is 0 Å². The van der Waals surface area contributed by atoms with E-state index in [9.17, 15) is 8.42 Å². The van der Waals surface area contributed by atoms with Crippen molar-refractivity contribution in [1.29, 1.82) is 0 Å². The molecule has 0 fully saturated rings. The Balaban J connectivity index is 2.72. The first kappa shape index (κ1) is 12.9. The second-order valence-corrected chi connectivity index (χ2v) is 4.95. The van der Waals surface area contributed by atoms with Crippen LogP contribution in [0.1, 0.15) is 18.5 Å². The number of hydrogen-bond donors (Lipinski definition) is 2. The van der Waals surface area contributed by atoms with Crippen molar-refractivity contribution in [1.82, 2.24) is 4.72 Å². The minimum Gasteiger partial charge on any atom is -0.392 e. The third-order valence-electron chi connectivity index (χ3n) is 2.02. The average Bonchev–Trinajstić information content (AvgIpc) is 2.27. The number of nitrogens with one attached hydrogen (secondary N) is 1. The molecule has 1 aromatic rings. The molecule has 0 heterocycles. The van der Waals surface area contributed by atoms with Gasteiger partial charge < -0.3 is 5.11 Å². The molecule has 2 N–H and O–H groups in total. The molecule has 0 aliphatic rings. The number of aliphatic hydroxyl groups excluding tert-OH is 1. The monoisotopic (exact) mass is 241 g/mol. The van der Waals surface area contributed by atoms with Gasteiger partial charge >= 0.3 is 0 Å². The molecule has 1 aromatic carbocycles. The van der Waals surface area contributed by atoms with Gasteiger partial charge in [-0.25, -0.2) is 13.1 Å². The summed E-state index contributed by atoms with van der Waals surface area (Å²) >= 11 is 0. The van der Waals surface area contributed by atoms with Crippen LogP contribution >= 0.6 is 0 Å². The normalized spacial score (nSPS) is 14.1. The lowest BCUT2D eigenvalue weighted by Gasteiger charge is -2.12. The van der Waals surface area contributed by atoms with E-state index in [0.717, 1.165) is 11.0 Å². The average molecular weight is 241 g/mol. The minimum absolute atomic E-state index is 0.291. The molecular weight excluding hydrogens is 226 g/mol. The number of benzene rings is 1. The van der Waals surface area contributed by atoms with Gasteiger partial charge in [0.05, 0.1) is 6.61 Å². The summed E-state index contributed by atoms with van der Waals surface area (Å²) < 4.78 is 25.4. The molecule has 0 aromatic heterocycles. The Hall–Kier alpha value is -1.17. The molecule has 0 spiro atoms. The van der Waals surface area contributed by atoms with Crippen LogP contribution in [0.2, 0.25) is 0 Å². The maximum atomic E-state index is 11.5. The second kappa shape index (κ2) is 5.79. The zero-order valence-electron chi connectivity index (χ0n) is 9.00. The first-order valence-corrected chi connectivity index (χ1v) is 6.44. The third-order valence-corrected chi connectivity index (χ3v) is 3.25. The Bertz CT molecular complexity index is 440. The van der Waals surface area contributed by atoms with Gasteiger partial charge in [0, 0.05) is 11.4 Å². The molecule has 88 valence electrons. The number of aliphatic hydroxyl groups is 1. The Morgan fingerprint density at radius 2 is 2.00 bits per heavy atom. The second-order valence-electron chi connectivity index (χ2n) is 3.35. The van der Waals surface area contributed by atoms with E-state index in [0.29, 0.717) is 0 Å². The molecule has 1 unspecified atom stereocenters. The van der Waals surface area contributed by atoms with E-state index in [2.05, 4.69) is 4.72 Å². The molecule has 16 heavy (non-hydrogen) atoms. The van der Waals surface area contributed by atoms with E-state index >= 15 is 0 Å². The fraction of sp³-hybridized carbons (Fsp3) is 0.273. The standard InChI is InChI=1S/C11H15NO3S/c1-10(11-6-3-2-4-7-11)12-16(14,15)9-5-8-13/h2-7,9-10,12-13H,8H2,1H3. The third kappa shape index (κ3) is 4.14. The van der Waals surface area contributed by atoms with Gasteiger partial charge in [0.2, 0.25) is 10.0 Å². The van der Waals surface area contributed by atoms with Crippen LogP contribution in [0.3, 0.4) is 0 Å². The lowest BCUT2D eigenvalue weighted by Crippen LogP contribution is -2.24. The van der Waals surface area contributed by atoms with Crippen molar-refractivity contribution in [2.45, 2.75) is 13.0 Å². The van der Waals surface area contributed by atoms with Gasteiger partial charge in [0.15, 0.2) is 0 Å². The maximum Gasteiger partial charge on any atom is 0.234 e. The van der Waals surface area contributed by atoms with Crippen LogP contribution in [0.25, 0.3) is 0 Å². The molecule has 0 amide bonds. The Morgan fingerprint density at radius 3 is 2.56 bits per heavy atom. The Morgan fingerprint density at radius 1 is 1.38 bits per heavy atom. The quantitative estimate of drug-likeness (QED) is 0.813. The van der Waals surface area contributed by atoms with Crippen LogP contribution in [0.5, 0.6) is 0 Å². The van der Waals surface area contributed by atoms with Crippen LogP contribution in [0.15, 0.2) is 41.8 Å². The molecular formula is C11H15NO3S. The summed E-state index contributed by atoms with van der Waals surface area (Å²) in [5.74, 6) is 0. The molecule has 0 radical (unpaired) electrons. The van der Waals surface area contributed by atoms with Crippen LogP contribution in [0, 0.1) is 0 Å². The van der Waals surface area contributed by atoms with Crippen molar-refractivity contribution in [2.75, 3.05) is 6.61 Å². The highest BCUT2D eigenvalue weighted by Gasteiger charge is 2.11. The topological polar surface area (TPSA) is 66.4 Å². The van der Waals surface area contributed by atoms with Gasteiger partial charge in [0.25, 0.3) is 0 Å². The summed E-state index contributed by atoms with van der Waals surface area (Å²) in [6, 6.07) is 8.98. The van der Waals surface area contributed by atoms with Gasteiger partial charge in [-0.05, 0) is 18.6 Å². The minimum atomic E-state index is -3.48. The van der Waals surface area contributed by atoms with E-state index in [1.54, 1.807) is 6.92 Å². The highest BCUT2D eigenvalue weighted by Crippen LogP contribution is 2.12.